The Hall–Kier alpha value is 1.79. The van der Waals surface area contributed by atoms with E-state index in [0.717, 1.165) is 13.0 Å². The Morgan fingerprint density at radius 1 is 1.50 bits per heavy atom. The van der Waals surface area contributed by atoms with Gasteiger partial charge in [0.2, 0.25) is 0 Å². The molecule has 0 aliphatic carbocycles. The highest BCUT2D eigenvalue weighted by Gasteiger charge is 2.48. The van der Waals surface area contributed by atoms with E-state index in [9.17, 15) is 0 Å². The lowest BCUT2D eigenvalue weighted by Gasteiger charge is -2.32. The molecular formula is C10H15Br2Cl3O. The normalized spacial score (nSPS) is 31.3. The number of hydrogen-bond acceptors (Lipinski definition) is 1. The van der Waals surface area contributed by atoms with Gasteiger partial charge >= 0.3 is 0 Å². The molecule has 0 amide bonds. The molecule has 0 N–H and O–H groups in total. The highest BCUT2D eigenvalue weighted by Crippen LogP contribution is 2.42. The first-order valence-electron chi connectivity index (χ1n) is 5.05. The van der Waals surface area contributed by atoms with Gasteiger partial charge in [-0.2, -0.15) is 0 Å². The Bertz CT molecular complexity index is 244. The fourth-order valence-corrected chi connectivity index (χ4v) is 3.12. The molecule has 1 heterocycles. The Kier molecular flexibility index (Phi) is 5.78. The van der Waals surface area contributed by atoms with Gasteiger partial charge in [0.1, 0.15) is 6.10 Å². The van der Waals surface area contributed by atoms with Gasteiger partial charge in [-0.1, -0.05) is 31.9 Å². The van der Waals surface area contributed by atoms with Crippen LogP contribution in [0.4, 0.5) is 0 Å². The first kappa shape index (κ1) is 15.8. The van der Waals surface area contributed by atoms with Crippen molar-refractivity contribution in [1.29, 1.82) is 0 Å². The Balaban J connectivity index is 2.53. The van der Waals surface area contributed by atoms with Crippen molar-refractivity contribution in [3.8, 4) is 0 Å². The molecule has 0 aromatic rings. The smallest absolute Gasteiger partial charge is 0.101 e. The molecule has 1 nitrogen and oxygen atoms in total. The van der Waals surface area contributed by atoms with Crippen LogP contribution in [0, 0.1) is 0 Å². The summed E-state index contributed by atoms with van der Waals surface area (Å²) in [5.41, 5.74) is 0. The molecule has 1 saturated heterocycles. The number of hydrogen-bond donors (Lipinski definition) is 0. The van der Waals surface area contributed by atoms with Gasteiger partial charge in [0.25, 0.3) is 0 Å². The highest BCUT2D eigenvalue weighted by atomic mass is 79.9. The molecule has 0 saturated carbocycles. The molecule has 16 heavy (non-hydrogen) atoms. The average molecular weight is 417 g/mol. The van der Waals surface area contributed by atoms with Gasteiger partial charge in [0.05, 0.1) is 21.2 Å². The Morgan fingerprint density at radius 3 is 2.38 bits per heavy atom. The van der Waals surface area contributed by atoms with Gasteiger partial charge in [-0.25, -0.2) is 0 Å². The first-order valence-corrected chi connectivity index (χ1v) is 8.11. The highest BCUT2D eigenvalue weighted by molar-refractivity contribution is 9.10. The van der Waals surface area contributed by atoms with Crippen LogP contribution in [0.1, 0.15) is 20.3 Å². The van der Waals surface area contributed by atoms with Crippen LogP contribution in [0.3, 0.4) is 0 Å². The zero-order valence-electron chi connectivity index (χ0n) is 9.15. The van der Waals surface area contributed by atoms with Crippen LogP contribution in [0.25, 0.3) is 0 Å². The molecule has 0 aromatic carbocycles. The van der Waals surface area contributed by atoms with Crippen LogP contribution in [0.5, 0.6) is 0 Å². The second-order valence-electron chi connectivity index (χ2n) is 4.56. The number of epoxide rings is 1. The second-order valence-corrected chi connectivity index (χ2v) is 9.08. The minimum atomic E-state index is -0.414. The number of halogens is 5. The van der Waals surface area contributed by atoms with E-state index in [1.54, 1.807) is 0 Å². The van der Waals surface area contributed by atoms with Crippen molar-refractivity contribution in [3.05, 3.63) is 0 Å². The number of rotatable bonds is 6. The summed E-state index contributed by atoms with van der Waals surface area (Å²) in [5.74, 6) is 0.458. The second kappa shape index (κ2) is 5.83. The van der Waals surface area contributed by atoms with E-state index in [2.05, 4.69) is 31.9 Å². The molecule has 0 bridgehead atoms. The van der Waals surface area contributed by atoms with Crippen molar-refractivity contribution in [1.82, 2.24) is 0 Å². The maximum atomic E-state index is 6.44. The molecule has 6 heteroatoms. The maximum absolute atomic E-state index is 6.44. The fourth-order valence-electron chi connectivity index (χ4n) is 1.32. The lowest BCUT2D eigenvalue weighted by Crippen LogP contribution is -2.41. The first-order chi connectivity index (χ1) is 7.21. The maximum Gasteiger partial charge on any atom is 0.101 e. The van der Waals surface area contributed by atoms with Crippen LogP contribution in [-0.2, 0) is 4.74 Å². The number of alkyl halides is 5. The monoisotopic (exact) mass is 414 g/mol. The van der Waals surface area contributed by atoms with E-state index >= 15 is 0 Å². The van der Waals surface area contributed by atoms with Crippen LogP contribution in [-0.4, -0.2) is 38.0 Å². The molecule has 1 aliphatic heterocycles. The molecule has 1 rings (SSSR count). The van der Waals surface area contributed by atoms with Crippen LogP contribution < -0.4 is 0 Å². The Labute approximate surface area is 129 Å². The van der Waals surface area contributed by atoms with E-state index in [1.807, 2.05) is 13.8 Å². The topological polar surface area (TPSA) is 12.5 Å². The minimum absolute atomic E-state index is 0.0915. The Morgan fingerprint density at radius 2 is 2.00 bits per heavy atom. The predicted octanol–water partition coefficient (Wildman–Crippen LogP) is 4.54. The molecule has 5 atom stereocenters. The molecule has 1 fully saturated rings. The summed E-state index contributed by atoms with van der Waals surface area (Å²) in [7, 11) is 0. The van der Waals surface area contributed by atoms with Gasteiger partial charge in [-0.15, -0.1) is 34.8 Å². The third-order valence-corrected chi connectivity index (χ3v) is 7.63. The van der Waals surface area contributed by atoms with Gasteiger partial charge in [-0.05, 0) is 20.3 Å². The predicted molar refractivity (Wildman–Crippen MR) is 79.0 cm³/mol. The average Bonchev–Trinajstić information content (AvgIpc) is 3.00. The largest absolute Gasteiger partial charge is 0.371 e. The summed E-state index contributed by atoms with van der Waals surface area (Å²) < 4.78 is 4.97. The number of ether oxygens (including phenoxy) is 1. The third-order valence-electron chi connectivity index (χ3n) is 2.90. The summed E-state index contributed by atoms with van der Waals surface area (Å²) >= 11 is 25.8. The van der Waals surface area contributed by atoms with Gasteiger partial charge in [-0.3, -0.25) is 0 Å². The van der Waals surface area contributed by atoms with Crippen molar-refractivity contribution in [2.24, 2.45) is 0 Å². The molecular weight excluding hydrogens is 402 g/mol. The van der Waals surface area contributed by atoms with E-state index in [4.69, 9.17) is 39.5 Å². The summed E-state index contributed by atoms with van der Waals surface area (Å²) in [5, 5.41) is -0.0915. The van der Waals surface area contributed by atoms with Crippen molar-refractivity contribution >= 4 is 66.7 Å². The van der Waals surface area contributed by atoms with Crippen LogP contribution in [0.2, 0.25) is 0 Å². The lowest BCUT2D eigenvalue weighted by molar-refractivity contribution is 0.349. The summed E-state index contributed by atoms with van der Waals surface area (Å²) in [6, 6.07) is 0. The third kappa shape index (κ3) is 3.89. The molecule has 0 spiro atoms. The van der Waals surface area contributed by atoms with Crippen molar-refractivity contribution < 1.29 is 4.74 Å². The van der Waals surface area contributed by atoms with Crippen molar-refractivity contribution in [3.63, 3.8) is 0 Å². The van der Waals surface area contributed by atoms with Gasteiger partial charge < -0.3 is 4.74 Å². The summed E-state index contributed by atoms with van der Waals surface area (Å²) in [6.45, 7) is 4.69. The molecule has 1 aliphatic rings. The zero-order valence-corrected chi connectivity index (χ0v) is 14.6. The van der Waals surface area contributed by atoms with Crippen LogP contribution >= 0.6 is 66.7 Å². The SMILES string of the molecule is CC(Br)(CCl)C(Cl)CC(Br)C(C)(Cl)C1CO1. The molecule has 0 radical (unpaired) electrons. The molecule has 0 aromatic heterocycles. The zero-order chi connectivity index (χ0) is 12.6. The van der Waals surface area contributed by atoms with E-state index in [1.165, 1.54) is 0 Å². The molecule has 5 unspecified atom stereocenters. The van der Waals surface area contributed by atoms with E-state index < -0.39 is 4.87 Å². The molecule has 96 valence electrons. The summed E-state index contributed by atoms with van der Waals surface area (Å²) in [4.78, 5) is -0.320. The standard InChI is InChI=1S/C10H15Br2Cl3O/c1-9(12,5-13)7(14)3-6(11)10(2,15)8-4-16-8/h6-8H,3-5H2,1-2H3. The van der Waals surface area contributed by atoms with Crippen LogP contribution in [0.15, 0.2) is 0 Å². The van der Waals surface area contributed by atoms with E-state index in [0.29, 0.717) is 5.88 Å². The fraction of sp³-hybridized carbons (Fsp3) is 1.00. The van der Waals surface area contributed by atoms with Crippen molar-refractivity contribution in [2.45, 2.75) is 45.8 Å². The lowest BCUT2D eigenvalue weighted by atomic mass is 9.96. The van der Waals surface area contributed by atoms with Gasteiger partial charge in [0.15, 0.2) is 0 Å². The quantitative estimate of drug-likeness (QED) is 0.457. The summed E-state index contributed by atoms with van der Waals surface area (Å²) in [6.07, 6.45) is 0.857. The van der Waals surface area contributed by atoms with Gasteiger partial charge in [0, 0.05) is 10.7 Å². The van der Waals surface area contributed by atoms with E-state index in [-0.39, 0.29) is 20.6 Å². The minimum Gasteiger partial charge on any atom is -0.371 e. The van der Waals surface area contributed by atoms with Crippen molar-refractivity contribution in [2.75, 3.05) is 12.5 Å².